The molecule has 3 heteroatoms. The van der Waals surface area contributed by atoms with E-state index in [-0.39, 0.29) is 12.1 Å². The highest BCUT2D eigenvalue weighted by Gasteiger charge is 2.12. The topological polar surface area (TPSA) is 38.3 Å². The maximum atomic E-state index is 11.2. The summed E-state index contributed by atoms with van der Waals surface area (Å²) in [6, 6.07) is 0.398. The molecule has 1 atom stereocenters. The summed E-state index contributed by atoms with van der Waals surface area (Å²) in [5.74, 6) is 0.381. The van der Waals surface area contributed by atoms with Crippen molar-refractivity contribution >= 4 is 5.97 Å². The van der Waals surface area contributed by atoms with Crippen LogP contribution in [0.2, 0.25) is 0 Å². The molecule has 0 aromatic rings. The second-order valence-corrected chi connectivity index (χ2v) is 4.18. The van der Waals surface area contributed by atoms with Gasteiger partial charge >= 0.3 is 5.97 Å². The van der Waals surface area contributed by atoms with Crippen LogP contribution in [-0.4, -0.2) is 24.7 Å². The third kappa shape index (κ3) is 5.97. The number of esters is 1. The van der Waals surface area contributed by atoms with Gasteiger partial charge in [-0.3, -0.25) is 4.79 Å². The van der Waals surface area contributed by atoms with Gasteiger partial charge in [0.05, 0.1) is 12.6 Å². The van der Waals surface area contributed by atoms with Gasteiger partial charge in [0.1, 0.15) is 0 Å². The molecule has 0 saturated heterocycles. The van der Waals surface area contributed by atoms with Crippen molar-refractivity contribution in [2.24, 2.45) is 5.92 Å². The molecular weight excluding hydrogens is 178 g/mol. The van der Waals surface area contributed by atoms with Gasteiger partial charge in [0.25, 0.3) is 0 Å². The summed E-state index contributed by atoms with van der Waals surface area (Å²) in [4.78, 5) is 11.2. The van der Waals surface area contributed by atoms with E-state index >= 15 is 0 Å². The SMILES string of the molecule is CCC(NCC(=O)OC(C)C)C(C)C. The van der Waals surface area contributed by atoms with E-state index in [1.165, 1.54) is 0 Å². The van der Waals surface area contributed by atoms with Crippen molar-refractivity contribution < 1.29 is 9.53 Å². The Morgan fingerprint density at radius 3 is 2.21 bits per heavy atom. The van der Waals surface area contributed by atoms with E-state index in [0.717, 1.165) is 6.42 Å². The van der Waals surface area contributed by atoms with Crippen molar-refractivity contribution in [2.75, 3.05) is 6.54 Å². The molecule has 0 amide bonds. The van der Waals surface area contributed by atoms with Crippen LogP contribution < -0.4 is 5.32 Å². The largest absolute Gasteiger partial charge is 0.462 e. The lowest BCUT2D eigenvalue weighted by Gasteiger charge is -2.20. The van der Waals surface area contributed by atoms with E-state index in [1.807, 2.05) is 13.8 Å². The molecule has 3 nitrogen and oxygen atoms in total. The number of hydrogen-bond acceptors (Lipinski definition) is 3. The molecule has 0 heterocycles. The van der Waals surface area contributed by atoms with Crippen LogP contribution in [-0.2, 0) is 9.53 Å². The number of nitrogens with one attached hydrogen (secondary N) is 1. The Balaban J connectivity index is 3.74. The predicted molar refractivity (Wildman–Crippen MR) is 58.1 cm³/mol. The predicted octanol–water partition coefficient (Wildman–Crippen LogP) is 1.96. The minimum atomic E-state index is -0.167. The second kappa shape index (κ2) is 6.82. The summed E-state index contributed by atoms with van der Waals surface area (Å²) in [7, 11) is 0. The van der Waals surface area contributed by atoms with Crippen LogP contribution in [0.25, 0.3) is 0 Å². The van der Waals surface area contributed by atoms with Gasteiger partial charge < -0.3 is 10.1 Å². The maximum absolute atomic E-state index is 11.2. The minimum Gasteiger partial charge on any atom is -0.462 e. The molecule has 1 unspecified atom stereocenters. The van der Waals surface area contributed by atoms with Crippen LogP contribution in [0.4, 0.5) is 0 Å². The fourth-order valence-electron chi connectivity index (χ4n) is 1.37. The molecule has 0 rings (SSSR count). The number of carbonyl (C=O) groups is 1. The Bertz CT molecular complexity index is 167. The zero-order chi connectivity index (χ0) is 11.1. The van der Waals surface area contributed by atoms with Gasteiger partial charge in [-0.15, -0.1) is 0 Å². The van der Waals surface area contributed by atoms with Crippen molar-refractivity contribution in [2.45, 2.75) is 53.2 Å². The van der Waals surface area contributed by atoms with Gasteiger partial charge in [0, 0.05) is 6.04 Å². The van der Waals surface area contributed by atoms with E-state index in [4.69, 9.17) is 4.74 Å². The molecule has 0 aliphatic heterocycles. The zero-order valence-corrected chi connectivity index (χ0v) is 9.96. The molecule has 0 aliphatic rings. The summed E-state index contributed by atoms with van der Waals surface area (Å²) < 4.78 is 5.02. The number of hydrogen-bond donors (Lipinski definition) is 1. The van der Waals surface area contributed by atoms with Gasteiger partial charge in [-0.25, -0.2) is 0 Å². The third-order valence-electron chi connectivity index (χ3n) is 2.12. The fourth-order valence-corrected chi connectivity index (χ4v) is 1.37. The van der Waals surface area contributed by atoms with Crippen molar-refractivity contribution in [3.63, 3.8) is 0 Å². The quantitative estimate of drug-likeness (QED) is 0.668. The molecule has 0 aromatic carbocycles. The Morgan fingerprint density at radius 2 is 1.86 bits per heavy atom. The number of rotatable bonds is 6. The van der Waals surface area contributed by atoms with Crippen molar-refractivity contribution in [3.05, 3.63) is 0 Å². The standard InChI is InChI=1S/C11H23NO2/c1-6-10(8(2)3)12-7-11(13)14-9(4)5/h8-10,12H,6-7H2,1-5H3. The first kappa shape index (κ1) is 13.4. The Labute approximate surface area is 87.2 Å². The Morgan fingerprint density at radius 1 is 1.29 bits per heavy atom. The normalized spacial score (nSPS) is 13.4. The van der Waals surface area contributed by atoms with E-state index < -0.39 is 0 Å². The van der Waals surface area contributed by atoms with Gasteiger partial charge in [-0.2, -0.15) is 0 Å². The van der Waals surface area contributed by atoms with Crippen LogP contribution >= 0.6 is 0 Å². The average molecular weight is 201 g/mol. The first-order valence-corrected chi connectivity index (χ1v) is 5.40. The van der Waals surface area contributed by atoms with Gasteiger partial charge in [0.2, 0.25) is 0 Å². The van der Waals surface area contributed by atoms with Crippen molar-refractivity contribution in [1.29, 1.82) is 0 Å². The molecular formula is C11H23NO2. The van der Waals surface area contributed by atoms with Crippen molar-refractivity contribution in [3.8, 4) is 0 Å². The molecule has 0 aromatic heterocycles. The van der Waals surface area contributed by atoms with Crippen LogP contribution in [0.3, 0.4) is 0 Å². The first-order chi connectivity index (χ1) is 6.47. The van der Waals surface area contributed by atoms with E-state index in [1.54, 1.807) is 0 Å². The average Bonchev–Trinajstić information content (AvgIpc) is 2.03. The number of ether oxygens (including phenoxy) is 1. The highest BCUT2D eigenvalue weighted by Crippen LogP contribution is 2.04. The molecule has 14 heavy (non-hydrogen) atoms. The van der Waals surface area contributed by atoms with E-state index in [2.05, 4.69) is 26.1 Å². The lowest BCUT2D eigenvalue weighted by molar-refractivity contribution is -0.146. The van der Waals surface area contributed by atoms with E-state index in [0.29, 0.717) is 18.5 Å². The molecule has 84 valence electrons. The lowest BCUT2D eigenvalue weighted by atomic mass is 10.0. The summed E-state index contributed by atoms with van der Waals surface area (Å²) in [6.45, 7) is 10.4. The highest BCUT2D eigenvalue weighted by atomic mass is 16.5. The summed E-state index contributed by atoms with van der Waals surface area (Å²) in [5.41, 5.74) is 0. The monoisotopic (exact) mass is 201 g/mol. The molecule has 0 radical (unpaired) electrons. The number of carbonyl (C=O) groups excluding carboxylic acids is 1. The van der Waals surface area contributed by atoms with Crippen LogP contribution in [0, 0.1) is 5.92 Å². The third-order valence-corrected chi connectivity index (χ3v) is 2.12. The van der Waals surface area contributed by atoms with Gasteiger partial charge in [0.15, 0.2) is 0 Å². The zero-order valence-electron chi connectivity index (χ0n) is 9.96. The summed E-state index contributed by atoms with van der Waals surface area (Å²) in [6.07, 6.45) is 1.01. The molecule has 0 saturated carbocycles. The lowest BCUT2D eigenvalue weighted by Crippen LogP contribution is -2.38. The Kier molecular flexibility index (Phi) is 6.54. The van der Waals surface area contributed by atoms with E-state index in [9.17, 15) is 4.79 Å². The maximum Gasteiger partial charge on any atom is 0.320 e. The van der Waals surface area contributed by atoms with Gasteiger partial charge in [-0.1, -0.05) is 20.8 Å². The summed E-state index contributed by atoms with van der Waals surface area (Å²) in [5, 5.41) is 3.20. The van der Waals surface area contributed by atoms with Gasteiger partial charge in [-0.05, 0) is 26.2 Å². The smallest absolute Gasteiger partial charge is 0.320 e. The fraction of sp³-hybridized carbons (Fsp3) is 0.909. The molecule has 0 spiro atoms. The molecule has 1 N–H and O–H groups in total. The highest BCUT2D eigenvalue weighted by molar-refractivity contribution is 5.71. The first-order valence-electron chi connectivity index (χ1n) is 5.40. The minimum absolute atomic E-state index is 0.0246. The second-order valence-electron chi connectivity index (χ2n) is 4.18. The van der Waals surface area contributed by atoms with Crippen LogP contribution in [0.1, 0.15) is 41.0 Å². The van der Waals surface area contributed by atoms with Crippen LogP contribution in [0.5, 0.6) is 0 Å². The summed E-state index contributed by atoms with van der Waals surface area (Å²) >= 11 is 0. The molecule has 0 bridgehead atoms. The molecule has 0 fully saturated rings. The van der Waals surface area contributed by atoms with Crippen molar-refractivity contribution in [1.82, 2.24) is 5.32 Å². The Hall–Kier alpha value is -0.570. The van der Waals surface area contributed by atoms with Crippen LogP contribution in [0.15, 0.2) is 0 Å². The molecule has 0 aliphatic carbocycles.